The summed E-state index contributed by atoms with van der Waals surface area (Å²) in [6, 6.07) is 7.72. The summed E-state index contributed by atoms with van der Waals surface area (Å²) < 4.78 is 0. The summed E-state index contributed by atoms with van der Waals surface area (Å²) in [5, 5.41) is 6.76. The second kappa shape index (κ2) is 9.87. The van der Waals surface area contributed by atoms with Gasteiger partial charge in [-0.1, -0.05) is 19.1 Å². The number of nitrogens with zero attached hydrogens (tertiary/aromatic N) is 2. The molecule has 0 aliphatic carbocycles. The second-order valence-corrected chi connectivity index (χ2v) is 7.95. The van der Waals surface area contributed by atoms with Gasteiger partial charge in [-0.15, -0.1) is 0 Å². The van der Waals surface area contributed by atoms with Crippen LogP contribution in [0.25, 0.3) is 0 Å². The van der Waals surface area contributed by atoms with Gasteiger partial charge in [-0.05, 0) is 68.4 Å². The molecule has 0 saturated carbocycles. The Balaban J connectivity index is 1.56. The van der Waals surface area contributed by atoms with Crippen molar-refractivity contribution in [1.29, 1.82) is 0 Å². The minimum atomic E-state index is -0.385. The van der Waals surface area contributed by atoms with Gasteiger partial charge in [0.25, 0.3) is 0 Å². The first kappa shape index (κ1) is 20.6. The van der Waals surface area contributed by atoms with Crippen LogP contribution in [-0.2, 0) is 16.0 Å². The third-order valence-electron chi connectivity index (χ3n) is 5.49. The number of likely N-dealkylation sites (tertiary alicyclic amines) is 2. The van der Waals surface area contributed by atoms with Gasteiger partial charge in [0.15, 0.2) is 5.11 Å². The average Bonchev–Trinajstić information content (AvgIpc) is 3.19. The number of anilines is 1. The van der Waals surface area contributed by atoms with Crippen LogP contribution in [0.4, 0.5) is 5.69 Å². The highest BCUT2D eigenvalue weighted by Crippen LogP contribution is 2.15. The fourth-order valence-corrected chi connectivity index (χ4v) is 4.04. The van der Waals surface area contributed by atoms with Gasteiger partial charge in [0.2, 0.25) is 11.8 Å². The Morgan fingerprint density at radius 1 is 1.11 bits per heavy atom. The molecule has 6 nitrogen and oxygen atoms in total. The van der Waals surface area contributed by atoms with Gasteiger partial charge in [-0.25, -0.2) is 0 Å². The van der Waals surface area contributed by atoms with Gasteiger partial charge in [0, 0.05) is 25.3 Å². The summed E-state index contributed by atoms with van der Waals surface area (Å²) in [4.78, 5) is 29.0. The molecule has 0 spiro atoms. The maximum Gasteiger partial charge on any atom is 0.245 e. The van der Waals surface area contributed by atoms with Crippen molar-refractivity contribution in [2.75, 3.05) is 31.5 Å². The first-order valence-electron chi connectivity index (χ1n) is 10.3. The van der Waals surface area contributed by atoms with Crippen LogP contribution in [0.5, 0.6) is 0 Å². The highest BCUT2D eigenvalue weighted by molar-refractivity contribution is 7.80. The van der Waals surface area contributed by atoms with Crippen molar-refractivity contribution in [3.8, 4) is 0 Å². The van der Waals surface area contributed by atoms with Gasteiger partial charge in [-0.3, -0.25) is 9.59 Å². The molecule has 3 rings (SSSR count). The van der Waals surface area contributed by atoms with Crippen molar-refractivity contribution in [1.82, 2.24) is 15.1 Å². The smallest absolute Gasteiger partial charge is 0.245 e. The molecule has 1 aromatic rings. The Morgan fingerprint density at radius 3 is 2.46 bits per heavy atom. The van der Waals surface area contributed by atoms with Crippen molar-refractivity contribution in [3.63, 3.8) is 0 Å². The molecule has 2 N–H and O–H groups in total. The molecule has 2 aliphatic rings. The van der Waals surface area contributed by atoms with Crippen molar-refractivity contribution in [2.45, 2.75) is 51.5 Å². The highest BCUT2D eigenvalue weighted by atomic mass is 32.1. The Bertz CT molecular complexity index is 701. The number of carbonyl (C=O) groups is 2. The van der Waals surface area contributed by atoms with Crippen LogP contribution < -0.4 is 10.6 Å². The van der Waals surface area contributed by atoms with E-state index in [1.807, 2.05) is 17.0 Å². The summed E-state index contributed by atoms with van der Waals surface area (Å²) in [5.74, 6) is 0.0266. The average molecular weight is 403 g/mol. The van der Waals surface area contributed by atoms with E-state index in [2.05, 4.69) is 29.7 Å². The van der Waals surface area contributed by atoms with Gasteiger partial charge < -0.3 is 20.4 Å². The fraction of sp³-hybridized carbons (Fsp3) is 0.571. The normalized spacial score (nSPS) is 20.0. The first-order chi connectivity index (χ1) is 13.6. The zero-order valence-corrected chi connectivity index (χ0v) is 17.4. The van der Waals surface area contributed by atoms with Crippen LogP contribution in [0.2, 0.25) is 0 Å². The summed E-state index contributed by atoms with van der Waals surface area (Å²) >= 11 is 5.42. The van der Waals surface area contributed by atoms with E-state index in [0.29, 0.717) is 11.7 Å². The number of amides is 2. The van der Waals surface area contributed by atoms with E-state index in [4.69, 9.17) is 12.2 Å². The lowest BCUT2D eigenvalue weighted by atomic mass is 10.1. The minimum Gasteiger partial charge on any atom is -0.351 e. The minimum absolute atomic E-state index is 0.0319. The maximum absolute atomic E-state index is 13.0. The van der Waals surface area contributed by atoms with E-state index < -0.39 is 0 Å². The zero-order chi connectivity index (χ0) is 19.9. The fourth-order valence-electron chi connectivity index (χ4n) is 3.78. The summed E-state index contributed by atoms with van der Waals surface area (Å²) in [6.07, 6.45) is 5.68. The van der Waals surface area contributed by atoms with Gasteiger partial charge in [0.05, 0.1) is 6.54 Å². The lowest BCUT2D eigenvalue weighted by molar-refractivity contribution is -0.140. The SMILES string of the molecule is CCc1ccc(NC(=S)N[C@H]2CCCCN(CC(=O)N3CCCC3)C2=O)cc1. The standard InChI is InChI=1S/C21H30N4O2S/c1-2-16-8-10-17(11-9-16)22-21(28)23-18-7-3-4-14-25(20(18)27)15-19(26)24-12-5-6-13-24/h8-11,18H,2-7,12-15H2,1H3,(H2,22,23,28)/t18-/m0/s1. The second-order valence-electron chi connectivity index (χ2n) is 7.54. The third-order valence-corrected chi connectivity index (χ3v) is 5.71. The molecule has 28 heavy (non-hydrogen) atoms. The van der Waals surface area contributed by atoms with Gasteiger partial charge in [0.1, 0.15) is 6.04 Å². The lowest BCUT2D eigenvalue weighted by Gasteiger charge is -2.27. The first-order valence-corrected chi connectivity index (χ1v) is 10.7. The van der Waals surface area contributed by atoms with Crippen molar-refractivity contribution in [3.05, 3.63) is 29.8 Å². The number of aryl methyl sites for hydroxylation is 1. The predicted octanol–water partition coefficient (Wildman–Crippen LogP) is 2.54. The van der Waals surface area contributed by atoms with Crippen molar-refractivity contribution < 1.29 is 9.59 Å². The molecule has 2 fully saturated rings. The quantitative estimate of drug-likeness (QED) is 0.741. The van der Waals surface area contributed by atoms with Crippen LogP contribution in [0.3, 0.4) is 0 Å². The number of hydrogen-bond donors (Lipinski definition) is 2. The topological polar surface area (TPSA) is 64.7 Å². The molecule has 2 saturated heterocycles. The molecule has 0 radical (unpaired) electrons. The predicted molar refractivity (Wildman–Crippen MR) is 115 cm³/mol. The van der Waals surface area contributed by atoms with Crippen LogP contribution in [0, 0.1) is 0 Å². The van der Waals surface area contributed by atoms with Crippen LogP contribution in [-0.4, -0.2) is 58.9 Å². The van der Waals surface area contributed by atoms with E-state index in [0.717, 1.165) is 57.3 Å². The Kier molecular flexibility index (Phi) is 7.25. The Labute approximate surface area is 172 Å². The number of nitrogens with one attached hydrogen (secondary N) is 2. The molecular weight excluding hydrogens is 372 g/mol. The van der Waals surface area contributed by atoms with Crippen molar-refractivity contribution >= 4 is 34.8 Å². The molecule has 152 valence electrons. The zero-order valence-electron chi connectivity index (χ0n) is 16.6. The van der Waals surface area contributed by atoms with E-state index >= 15 is 0 Å². The van der Waals surface area contributed by atoms with Crippen LogP contribution in [0.1, 0.15) is 44.6 Å². The maximum atomic E-state index is 13.0. The third kappa shape index (κ3) is 5.44. The number of carbonyl (C=O) groups excluding carboxylic acids is 2. The molecule has 0 aromatic heterocycles. The molecule has 0 unspecified atom stereocenters. The molecule has 1 atom stereocenters. The highest BCUT2D eigenvalue weighted by Gasteiger charge is 2.30. The molecule has 2 amide bonds. The summed E-state index contributed by atoms with van der Waals surface area (Å²) in [7, 11) is 0. The van der Waals surface area contributed by atoms with Crippen molar-refractivity contribution in [2.24, 2.45) is 0 Å². The van der Waals surface area contributed by atoms with E-state index in [1.165, 1.54) is 5.56 Å². The Hall–Kier alpha value is -2.15. The van der Waals surface area contributed by atoms with Crippen LogP contribution in [0.15, 0.2) is 24.3 Å². The van der Waals surface area contributed by atoms with Gasteiger partial charge >= 0.3 is 0 Å². The number of hydrogen-bond acceptors (Lipinski definition) is 3. The van der Waals surface area contributed by atoms with E-state index in [-0.39, 0.29) is 24.4 Å². The molecule has 1 aromatic carbocycles. The monoisotopic (exact) mass is 402 g/mol. The summed E-state index contributed by atoms with van der Waals surface area (Å²) in [5.41, 5.74) is 2.17. The molecule has 2 aliphatic heterocycles. The number of rotatable bonds is 5. The van der Waals surface area contributed by atoms with Gasteiger partial charge in [-0.2, -0.15) is 0 Å². The van der Waals surface area contributed by atoms with E-state index in [1.54, 1.807) is 4.90 Å². The summed E-state index contributed by atoms with van der Waals surface area (Å²) in [6.45, 7) is 4.55. The molecule has 0 bridgehead atoms. The van der Waals surface area contributed by atoms with E-state index in [9.17, 15) is 9.59 Å². The largest absolute Gasteiger partial charge is 0.351 e. The molecule has 2 heterocycles. The molecule has 7 heteroatoms. The number of thiocarbonyl (C=S) groups is 1. The Morgan fingerprint density at radius 2 is 1.79 bits per heavy atom. The molecular formula is C21H30N4O2S. The van der Waals surface area contributed by atoms with Crippen LogP contribution >= 0.6 is 12.2 Å². The lowest BCUT2D eigenvalue weighted by Crippen LogP contribution is -2.51. The number of benzene rings is 1.